The summed E-state index contributed by atoms with van der Waals surface area (Å²) < 4.78 is 2.18. The number of fused-ring (bicyclic) bond motifs is 1. The lowest BCUT2D eigenvalue weighted by molar-refractivity contribution is 0.270. The summed E-state index contributed by atoms with van der Waals surface area (Å²) in [4.78, 5) is 7.04. The maximum absolute atomic E-state index is 9.68. The lowest BCUT2D eigenvalue weighted by Gasteiger charge is -2.27. The molecule has 3 heterocycles. The van der Waals surface area contributed by atoms with Crippen molar-refractivity contribution in [2.45, 2.75) is 45.8 Å². The summed E-state index contributed by atoms with van der Waals surface area (Å²) in [6.07, 6.45) is 12.4. The first-order chi connectivity index (χ1) is 12.2. The predicted octanol–water partition coefficient (Wildman–Crippen LogP) is 3.71. The van der Waals surface area contributed by atoms with E-state index < -0.39 is 0 Å². The number of piperidine rings is 1. The Bertz CT molecular complexity index is 726. The number of aromatic nitrogens is 2. The van der Waals surface area contributed by atoms with Crippen molar-refractivity contribution in [1.29, 1.82) is 0 Å². The zero-order chi connectivity index (χ0) is 17.8. The molecule has 2 aliphatic heterocycles. The number of allylic oxidation sites excluding steroid dienone is 6. The Hall–Kier alpha value is -1.91. The van der Waals surface area contributed by atoms with Crippen LogP contribution in [0.25, 0.3) is 5.57 Å². The molecule has 0 atom stereocenters. The second kappa shape index (κ2) is 7.98. The highest BCUT2D eigenvalue weighted by Gasteiger charge is 2.26. The molecule has 1 aromatic heterocycles. The molecule has 134 valence electrons. The molecule has 0 spiro atoms. The summed E-state index contributed by atoms with van der Waals surface area (Å²) in [6.45, 7) is 9.62. The van der Waals surface area contributed by atoms with Gasteiger partial charge in [0.25, 0.3) is 0 Å². The standard InChI is InChI=1S/C21H29N3O/c1-4-5-6-7-17-10-13-24-19(15-25)14-22-21(24)20(16(17)2)18-8-11-23(3)12-9-18/h5-7,14,25H,2,4,8-13,15H2,1,3H3. The van der Waals surface area contributed by atoms with Gasteiger partial charge in [0.1, 0.15) is 5.82 Å². The van der Waals surface area contributed by atoms with Gasteiger partial charge < -0.3 is 14.6 Å². The van der Waals surface area contributed by atoms with Crippen molar-refractivity contribution in [2.75, 3.05) is 20.1 Å². The van der Waals surface area contributed by atoms with Crippen molar-refractivity contribution in [3.63, 3.8) is 0 Å². The number of hydrogen-bond donors (Lipinski definition) is 1. The molecule has 0 aromatic carbocycles. The minimum absolute atomic E-state index is 0.0274. The second-order valence-corrected chi connectivity index (χ2v) is 6.92. The average molecular weight is 339 g/mol. The zero-order valence-electron chi connectivity index (χ0n) is 15.5. The second-order valence-electron chi connectivity index (χ2n) is 6.92. The highest BCUT2D eigenvalue weighted by atomic mass is 16.3. The topological polar surface area (TPSA) is 41.3 Å². The first kappa shape index (κ1) is 17.9. The van der Waals surface area contributed by atoms with Gasteiger partial charge in [0.05, 0.1) is 18.5 Å². The van der Waals surface area contributed by atoms with Gasteiger partial charge in [-0.3, -0.25) is 0 Å². The minimum Gasteiger partial charge on any atom is -0.390 e. The maximum atomic E-state index is 9.68. The fourth-order valence-corrected chi connectivity index (χ4v) is 3.68. The maximum Gasteiger partial charge on any atom is 0.140 e. The first-order valence-electron chi connectivity index (χ1n) is 9.27. The normalized spacial score (nSPS) is 21.2. The van der Waals surface area contributed by atoms with Gasteiger partial charge >= 0.3 is 0 Å². The molecule has 3 rings (SSSR count). The summed E-state index contributed by atoms with van der Waals surface area (Å²) in [5.74, 6) is 0.983. The third kappa shape index (κ3) is 3.70. The van der Waals surface area contributed by atoms with Gasteiger partial charge in [0.15, 0.2) is 0 Å². The van der Waals surface area contributed by atoms with E-state index in [0.717, 1.165) is 62.4 Å². The predicted molar refractivity (Wildman–Crippen MR) is 103 cm³/mol. The van der Waals surface area contributed by atoms with Gasteiger partial charge in [0, 0.05) is 25.2 Å². The molecule has 0 saturated carbocycles. The Morgan fingerprint density at radius 3 is 2.68 bits per heavy atom. The molecule has 0 radical (unpaired) electrons. The van der Waals surface area contributed by atoms with Crippen LogP contribution in [0.1, 0.15) is 44.1 Å². The molecule has 1 N–H and O–H groups in total. The number of likely N-dealkylation sites (tertiary alicyclic amines) is 1. The molecular weight excluding hydrogens is 310 g/mol. The van der Waals surface area contributed by atoms with E-state index in [1.54, 1.807) is 0 Å². The van der Waals surface area contributed by atoms with Crippen molar-refractivity contribution >= 4 is 5.57 Å². The van der Waals surface area contributed by atoms with Crippen LogP contribution in [-0.4, -0.2) is 39.7 Å². The molecule has 1 fully saturated rings. The summed E-state index contributed by atoms with van der Waals surface area (Å²) >= 11 is 0. The van der Waals surface area contributed by atoms with Crippen LogP contribution < -0.4 is 0 Å². The molecule has 25 heavy (non-hydrogen) atoms. The first-order valence-corrected chi connectivity index (χ1v) is 9.27. The summed E-state index contributed by atoms with van der Waals surface area (Å²) in [7, 11) is 2.18. The molecule has 1 aromatic rings. The van der Waals surface area contributed by atoms with Crippen LogP contribution in [0.15, 0.2) is 47.7 Å². The number of nitrogens with zero attached hydrogens (tertiary/aromatic N) is 3. The van der Waals surface area contributed by atoms with Crippen molar-refractivity contribution in [1.82, 2.24) is 14.5 Å². The Balaban J connectivity index is 2.08. The number of imidazole rings is 1. The summed E-state index contributed by atoms with van der Waals surface area (Å²) in [5, 5.41) is 9.68. The van der Waals surface area contributed by atoms with E-state index in [-0.39, 0.29) is 6.61 Å². The van der Waals surface area contributed by atoms with Crippen LogP contribution in [0.2, 0.25) is 0 Å². The van der Waals surface area contributed by atoms with Crippen LogP contribution in [0.4, 0.5) is 0 Å². The van der Waals surface area contributed by atoms with E-state index >= 15 is 0 Å². The Morgan fingerprint density at radius 2 is 2.00 bits per heavy atom. The van der Waals surface area contributed by atoms with Crippen LogP contribution >= 0.6 is 0 Å². The van der Waals surface area contributed by atoms with Crippen LogP contribution in [0, 0.1) is 0 Å². The Labute approximate surface area is 150 Å². The van der Waals surface area contributed by atoms with Gasteiger partial charge in [0.2, 0.25) is 0 Å². The van der Waals surface area contributed by atoms with Crippen molar-refractivity contribution < 1.29 is 5.11 Å². The highest BCUT2D eigenvalue weighted by molar-refractivity contribution is 5.83. The Kier molecular flexibility index (Phi) is 5.71. The zero-order valence-corrected chi connectivity index (χ0v) is 15.5. The smallest absolute Gasteiger partial charge is 0.140 e. The van der Waals surface area contributed by atoms with Gasteiger partial charge in [-0.2, -0.15) is 0 Å². The molecule has 4 nitrogen and oxygen atoms in total. The lowest BCUT2D eigenvalue weighted by atomic mass is 9.89. The average Bonchev–Trinajstić information content (AvgIpc) is 2.96. The monoisotopic (exact) mass is 339 g/mol. The molecule has 2 aliphatic rings. The largest absolute Gasteiger partial charge is 0.390 e. The third-order valence-corrected chi connectivity index (χ3v) is 5.23. The van der Waals surface area contributed by atoms with Crippen LogP contribution in [-0.2, 0) is 13.2 Å². The van der Waals surface area contributed by atoms with Gasteiger partial charge in [-0.25, -0.2) is 4.98 Å². The van der Waals surface area contributed by atoms with E-state index in [4.69, 9.17) is 0 Å². The van der Waals surface area contributed by atoms with Crippen LogP contribution in [0.3, 0.4) is 0 Å². The number of hydrogen-bond acceptors (Lipinski definition) is 3. The third-order valence-electron chi connectivity index (χ3n) is 5.23. The van der Waals surface area contributed by atoms with Gasteiger partial charge in [-0.1, -0.05) is 37.3 Å². The molecule has 0 amide bonds. The number of aliphatic hydroxyl groups is 1. The lowest BCUT2D eigenvalue weighted by Crippen LogP contribution is -2.27. The number of rotatable bonds is 3. The fraction of sp³-hybridized carbons (Fsp3) is 0.476. The molecular formula is C21H29N3O. The molecule has 0 aliphatic carbocycles. The SMILES string of the molecule is C=C1C(=CC=CCC)CCn2c(CO)cnc2C1=C1CCN(C)CC1. The van der Waals surface area contributed by atoms with Gasteiger partial charge in [-0.05, 0) is 43.9 Å². The van der Waals surface area contributed by atoms with E-state index in [9.17, 15) is 5.11 Å². The highest BCUT2D eigenvalue weighted by Crippen LogP contribution is 2.38. The molecule has 0 unspecified atom stereocenters. The molecule has 0 bridgehead atoms. The van der Waals surface area contributed by atoms with E-state index in [1.165, 1.54) is 16.7 Å². The quantitative estimate of drug-likeness (QED) is 0.913. The summed E-state index contributed by atoms with van der Waals surface area (Å²) in [6, 6.07) is 0. The molecule has 4 heteroatoms. The summed E-state index contributed by atoms with van der Waals surface area (Å²) in [5.41, 5.74) is 5.93. The van der Waals surface area contributed by atoms with Crippen molar-refractivity contribution in [3.8, 4) is 0 Å². The van der Waals surface area contributed by atoms with E-state index in [0.29, 0.717) is 0 Å². The van der Waals surface area contributed by atoms with Crippen molar-refractivity contribution in [3.05, 3.63) is 59.2 Å². The fourth-order valence-electron chi connectivity index (χ4n) is 3.68. The molecule has 1 saturated heterocycles. The van der Waals surface area contributed by atoms with E-state index in [2.05, 4.69) is 53.2 Å². The Morgan fingerprint density at radius 1 is 1.24 bits per heavy atom. The van der Waals surface area contributed by atoms with Crippen LogP contribution in [0.5, 0.6) is 0 Å². The van der Waals surface area contributed by atoms with Crippen molar-refractivity contribution in [2.24, 2.45) is 0 Å². The van der Waals surface area contributed by atoms with Gasteiger partial charge in [-0.15, -0.1) is 0 Å². The van der Waals surface area contributed by atoms with E-state index in [1.807, 2.05) is 6.20 Å². The number of aliphatic hydroxyl groups excluding tert-OH is 1. The minimum atomic E-state index is 0.0274.